The average molecular weight is 691 g/mol. The van der Waals surface area contributed by atoms with Crippen LogP contribution < -0.4 is 14.9 Å². The van der Waals surface area contributed by atoms with Crippen molar-refractivity contribution in [2.75, 3.05) is 20.8 Å². The zero-order valence-corrected chi connectivity index (χ0v) is 27.2. The van der Waals surface area contributed by atoms with E-state index in [2.05, 4.69) is 0 Å². The zero-order valence-electron chi connectivity index (χ0n) is 27.2. The molecule has 0 aliphatic carbocycles. The third kappa shape index (κ3) is 7.21. The lowest BCUT2D eigenvalue weighted by molar-refractivity contribution is -0.339. The number of hydrogen-bond acceptors (Lipinski definition) is 16. The van der Waals surface area contributed by atoms with E-state index in [9.17, 15) is 39.9 Å². The number of methoxy groups -OCH3 is 2. The summed E-state index contributed by atoms with van der Waals surface area (Å²) in [5, 5.41) is 55.4. The number of aromatic hydroxyl groups is 1. The van der Waals surface area contributed by atoms with Gasteiger partial charge in [-0.2, -0.15) is 0 Å². The number of carbonyl (C=O) groups is 2. The highest BCUT2D eigenvalue weighted by Crippen LogP contribution is 2.46. The van der Waals surface area contributed by atoms with Crippen LogP contribution in [-0.4, -0.2) is 113 Å². The van der Waals surface area contributed by atoms with Gasteiger partial charge in [-0.1, -0.05) is 0 Å². The Kier molecular flexibility index (Phi) is 10.8. The molecule has 0 saturated carbocycles. The first-order chi connectivity index (χ1) is 23.2. The largest absolute Gasteiger partial charge is 0.506 e. The number of phenols is 1. The standard InChI is InChI=1S/C33H38O16/c1-13-30(46-15(3)35)28(40)29(41)33(45-13)49-32-27(39)25(37)22(12-44-14(2)34)48-31(32)24-20(43-5)11-21-23(26(24)38)18(36)10-19(47-21)16-6-8-17(42-4)9-7-16/h6-11,13,22,25,27-33,37-41H,12H2,1-5H3/t13-,22+,25+,27-,28-,29+,30-,31-,32+,33-/m0/s1. The number of carbonyl (C=O) groups excluding carboxylic acids is 2. The van der Waals surface area contributed by atoms with E-state index in [1.165, 1.54) is 33.3 Å². The van der Waals surface area contributed by atoms with Crippen LogP contribution in [0.2, 0.25) is 0 Å². The highest BCUT2D eigenvalue weighted by Gasteiger charge is 2.52. The Morgan fingerprint density at radius 3 is 2.14 bits per heavy atom. The molecule has 0 spiro atoms. The van der Waals surface area contributed by atoms with Crippen LogP contribution in [0.15, 0.2) is 45.6 Å². The molecule has 0 amide bonds. The molecule has 10 atom stereocenters. The molecular weight excluding hydrogens is 652 g/mol. The van der Waals surface area contributed by atoms with Crippen LogP contribution in [-0.2, 0) is 33.3 Å². The van der Waals surface area contributed by atoms with Crippen LogP contribution in [0.1, 0.15) is 32.4 Å². The molecule has 3 aromatic rings. The smallest absolute Gasteiger partial charge is 0.303 e. The van der Waals surface area contributed by atoms with Gasteiger partial charge < -0.3 is 63.1 Å². The van der Waals surface area contributed by atoms with Crippen LogP contribution in [0, 0.1) is 0 Å². The van der Waals surface area contributed by atoms with Crippen molar-refractivity contribution in [3.8, 4) is 28.6 Å². The summed E-state index contributed by atoms with van der Waals surface area (Å²) in [6, 6.07) is 9.20. The molecule has 2 saturated heterocycles. The molecule has 1 aromatic heterocycles. The van der Waals surface area contributed by atoms with Crippen LogP contribution >= 0.6 is 0 Å². The van der Waals surface area contributed by atoms with Crippen molar-refractivity contribution in [3.63, 3.8) is 0 Å². The highest BCUT2D eigenvalue weighted by atomic mass is 16.7. The van der Waals surface area contributed by atoms with Gasteiger partial charge in [0.1, 0.15) is 83.3 Å². The van der Waals surface area contributed by atoms with Gasteiger partial charge in [-0.3, -0.25) is 14.4 Å². The second-order valence-electron chi connectivity index (χ2n) is 11.7. The summed E-state index contributed by atoms with van der Waals surface area (Å²) in [7, 11) is 2.77. The maximum atomic E-state index is 13.5. The Bertz CT molecular complexity index is 1720. The average Bonchev–Trinajstić information content (AvgIpc) is 3.06. The van der Waals surface area contributed by atoms with E-state index in [-0.39, 0.29) is 28.0 Å². The summed E-state index contributed by atoms with van der Waals surface area (Å²) in [4.78, 5) is 36.7. The third-order valence-corrected chi connectivity index (χ3v) is 8.38. The van der Waals surface area contributed by atoms with Gasteiger partial charge in [-0.05, 0) is 31.2 Å². The van der Waals surface area contributed by atoms with Gasteiger partial charge in [-0.15, -0.1) is 0 Å². The molecule has 5 rings (SSSR count). The van der Waals surface area contributed by atoms with E-state index in [1.54, 1.807) is 24.3 Å². The fourth-order valence-corrected chi connectivity index (χ4v) is 5.92. The molecule has 49 heavy (non-hydrogen) atoms. The lowest BCUT2D eigenvalue weighted by atomic mass is 9.89. The quantitative estimate of drug-likeness (QED) is 0.195. The van der Waals surface area contributed by atoms with Gasteiger partial charge in [0.25, 0.3) is 0 Å². The van der Waals surface area contributed by atoms with E-state index in [1.807, 2.05) is 0 Å². The molecular formula is C33H38O16. The predicted octanol–water partition coefficient (Wildman–Crippen LogP) is 0.691. The molecule has 2 fully saturated rings. The number of phenolic OH excluding ortho intramolecular Hbond substituents is 1. The number of esters is 2. The Morgan fingerprint density at radius 1 is 0.857 bits per heavy atom. The Balaban J connectivity index is 1.58. The van der Waals surface area contributed by atoms with Gasteiger partial charge in [-0.25, -0.2) is 0 Å². The van der Waals surface area contributed by atoms with E-state index in [4.69, 9.17) is 37.6 Å². The van der Waals surface area contributed by atoms with Crippen molar-refractivity contribution in [2.45, 2.75) is 82.0 Å². The molecule has 16 nitrogen and oxygen atoms in total. The van der Waals surface area contributed by atoms with Crippen LogP contribution in [0.4, 0.5) is 0 Å². The Hall–Kier alpha value is -4.29. The molecule has 3 heterocycles. The Morgan fingerprint density at radius 2 is 1.53 bits per heavy atom. The normalized spacial score (nSPS) is 30.1. The predicted molar refractivity (Wildman–Crippen MR) is 166 cm³/mol. The fourth-order valence-electron chi connectivity index (χ4n) is 5.92. The summed E-state index contributed by atoms with van der Waals surface area (Å²) in [6.07, 6.45) is -15.7. The highest BCUT2D eigenvalue weighted by molar-refractivity contribution is 5.88. The molecule has 266 valence electrons. The molecule has 0 bridgehead atoms. The van der Waals surface area contributed by atoms with Crippen LogP contribution in [0.25, 0.3) is 22.3 Å². The van der Waals surface area contributed by atoms with Crippen molar-refractivity contribution in [1.29, 1.82) is 0 Å². The Labute approximate surface area is 279 Å². The van der Waals surface area contributed by atoms with E-state index < -0.39 is 90.9 Å². The molecule has 0 radical (unpaired) electrons. The number of hydrogen-bond donors (Lipinski definition) is 5. The lowest BCUT2D eigenvalue weighted by Gasteiger charge is -2.46. The maximum Gasteiger partial charge on any atom is 0.303 e. The first-order valence-corrected chi connectivity index (χ1v) is 15.3. The van der Waals surface area contributed by atoms with Gasteiger partial charge in [0.05, 0.1) is 25.9 Å². The minimum atomic E-state index is -1.86. The fraction of sp³-hybridized carbons (Fsp3) is 0.485. The third-order valence-electron chi connectivity index (χ3n) is 8.38. The first kappa shape index (κ1) is 36.0. The minimum absolute atomic E-state index is 0.0683. The SMILES string of the molecule is COc1ccc(-c2cc(=O)c3c(O)c([C@@H]4O[C@H](COC(C)=O)[C@@H](O)[C@H](O)[C@H]4O[C@@H]4O[C@@H](C)[C@H](OC(C)=O)[C@@H](O)[C@H]4O)c(OC)cc3o2)cc1. The minimum Gasteiger partial charge on any atom is -0.506 e. The molecule has 2 aliphatic rings. The van der Waals surface area contributed by atoms with Gasteiger partial charge >= 0.3 is 11.9 Å². The number of rotatable bonds is 9. The van der Waals surface area contributed by atoms with Gasteiger partial charge in [0.15, 0.2) is 17.8 Å². The summed E-state index contributed by atoms with van der Waals surface area (Å²) < 4.78 is 44.6. The van der Waals surface area contributed by atoms with Crippen molar-refractivity contribution >= 4 is 22.9 Å². The molecule has 2 aliphatic heterocycles. The topological polar surface area (TPSA) is 230 Å². The van der Waals surface area contributed by atoms with Crippen molar-refractivity contribution in [3.05, 3.63) is 52.2 Å². The summed E-state index contributed by atoms with van der Waals surface area (Å²) in [6.45, 7) is 3.17. The second kappa shape index (κ2) is 14.7. The summed E-state index contributed by atoms with van der Waals surface area (Å²) in [5.41, 5.74) is -0.408. The van der Waals surface area contributed by atoms with Crippen LogP contribution in [0.3, 0.4) is 0 Å². The molecule has 5 N–H and O–H groups in total. The first-order valence-electron chi connectivity index (χ1n) is 15.3. The number of ether oxygens (including phenoxy) is 7. The molecule has 0 unspecified atom stereocenters. The van der Waals surface area contributed by atoms with E-state index >= 15 is 0 Å². The lowest BCUT2D eigenvalue weighted by Crippen LogP contribution is -2.62. The zero-order chi connectivity index (χ0) is 35.7. The van der Waals surface area contributed by atoms with E-state index in [0.717, 1.165) is 13.8 Å². The van der Waals surface area contributed by atoms with Crippen molar-refractivity contribution in [2.24, 2.45) is 0 Å². The molecule has 2 aromatic carbocycles. The van der Waals surface area contributed by atoms with E-state index in [0.29, 0.717) is 11.3 Å². The number of aliphatic hydroxyl groups excluding tert-OH is 4. The number of aliphatic hydroxyl groups is 4. The van der Waals surface area contributed by atoms with Gasteiger partial charge in [0, 0.05) is 31.5 Å². The second-order valence-corrected chi connectivity index (χ2v) is 11.7. The summed E-state index contributed by atoms with van der Waals surface area (Å²) >= 11 is 0. The molecule has 16 heteroatoms. The van der Waals surface area contributed by atoms with Crippen molar-refractivity contribution < 1.29 is 72.7 Å². The number of benzene rings is 2. The maximum absolute atomic E-state index is 13.5. The summed E-state index contributed by atoms with van der Waals surface area (Å²) in [5.74, 6) is -1.45. The monoisotopic (exact) mass is 690 g/mol. The van der Waals surface area contributed by atoms with Crippen molar-refractivity contribution in [1.82, 2.24) is 0 Å². The number of fused-ring (bicyclic) bond motifs is 1. The van der Waals surface area contributed by atoms with Gasteiger partial charge in [0.2, 0.25) is 0 Å². The van der Waals surface area contributed by atoms with Crippen LogP contribution in [0.5, 0.6) is 17.2 Å².